The first-order valence-electron chi connectivity index (χ1n) is 16.8. The Labute approximate surface area is 319 Å². The zero-order valence-corrected chi connectivity index (χ0v) is 30.5. The number of rotatable bonds is 14. The molecule has 0 aliphatic carbocycles. The Balaban J connectivity index is 0.920. The van der Waals surface area contributed by atoms with E-state index in [9.17, 15) is 37.9 Å². The molecule has 2 aromatic heterocycles. The van der Waals surface area contributed by atoms with E-state index >= 15 is 0 Å². The van der Waals surface area contributed by atoms with E-state index < -0.39 is 41.3 Å². The summed E-state index contributed by atoms with van der Waals surface area (Å²) in [6.07, 6.45) is -1.52. The van der Waals surface area contributed by atoms with Gasteiger partial charge in [-0.3, -0.25) is 14.2 Å². The van der Waals surface area contributed by atoms with Crippen molar-refractivity contribution in [2.75, 3.05) is 35.6 Å². The first-order chi connectivity index (χ1) is 26.4. The van der Waals surface area contributed by atoms with Gasteiger partial charge in [-0.15, -0.1) is 0 Å². The number of hydrogen-bond donors (Lipinski definition) is 8. The molecule has 4 atom stereocenters. The van der Waals surface area contributed by atoms with Gasteiger partial charge in [0.25, 0.3) is 0 Å². The number of anilines is 4. The van der Waals surface area contributed by atoms with Crippen molar-refractivity contribution in [2.45, 2.75) is 42.3 Å². The van der Waals surface area contributed by atoms with Crippen LogP contribution in [0.1, 0.15) is 17.4 Å². The Morgan fingerprint density at radius 3 is 2.04 bits per heavy atom. The minimum atomic E-state index is -4.53. The molecule has 2 amide bonds. The second kappa shape index (κ2) is 17.2. The number of imidazole rings is 1. The van der Waals surface area contributed by atoms with Gasteiger partial charge >= 0.3 is 0 Å². The number of aliphatic hydroxyl groups excluding tert-OH is 3. The van der Waals surface area contributed by atoms with Gasteiger partial charge in [0.05, 0.1) is 30.7 Å². The molecule has 0 spiro atoms. The zero-order valence-electron chi connectivity index (χ0n) is 28.8. The van der Waals surface area contributed by atoms with Gasteiger partial charge in [-0.05, 0) is 71.9 Å². The Kier molecular flexibility index (Phi) is 12.3. The normalized spacial score (nSPS) is 18.1. The molecular weight excluding hydrogens is 755 g/mol. The van der Waals surface area contributed by atoms with Crippen LogP contribution in [0.25, 0.3) is 11.2 Å². The van der Waals surface area contributed by atoms with Gasteiger partial charge < -0.3 is 51.2 Å². The van der Waals surface area contributed by atoms with Crippen LogP contribution < -0.4 is 26.6 Å². The molecule has 1 aliphatic heterocycles. The maximum atomic E-state index is 12.8. The summed E-state index contributed by atoms with van der Waals surface area (Å²) in [6.45, 7) is 0.160. The molecule has 55 heavy (non-hydrogen) atoms. The summed E-state index contributed by atoms with van der Waals surface area (Å²) in [7, 11) is -4.53. The SMILES string of the molecule is O=C(Cc1ccc(NC(=O)Cc2ccc(Nc3ncnc4c3ncn4C3O[C@H](CO)[C@@H](O)[C@H]3O)cc2)cc1)NCCNC(=S)Nc1ccc(S(=O)(=O)[O-])cc1. The van der Waals surface area contributed by atoms with Gasteiger partial charge in [0.2, 0.25) is 11.8 Å². The number of nitrogens with one attached hydrogen (secondary N) is 5. The molecule has 1 aliphatic rings. The number of ether oxygens (including phenoxy) is 1. The molecule has 1 saturated heterocycles. The molecule has 1 unspecified atom stereocenters. The molecule has 8 N–H and O–H groups in total. The van der Waals surface area contributed by atoms with Gasteiger partial charge in [0, 0.05) is 30.2 Å². The zero-order chi connectivity index (χ0) is 39.1. The highest BCUT2D eigenvalue weighted by molar-refractivity contribution is 7.85. The van der Waals surface area contributed by atoms with Crippen molar-refractivity contribution in [3.63, 3.8) is 0 Å². The van der Waals surface area contributed by atoms with E-state index in [1.54, 1.807) is 48.5 Å². The first kappa shape index (κ1) is 39.1. The Morgan fingerprint density at radius 2 is 1.40 bits per heavy atom. The number of fused-ring (bicyclic) bond motifs is 1. The lowest BCUT2D eigenvalue weighted by Crippen LogP contribution is -2.37. The fraction of sp³-hybridized carbons (Fsp3) is 0.257. The third-order valence-corrected chi connectivity index (χ3v) is 9.56. The summed E-state index contributed by atoms with van der Waals surface area (Å²) in [4.78, 5) is 37.8. The van der Waals surface area contributed by atoms with E-state index in [0.717, 1.165) is 11.1 Å². The Bertz CT molecular complexity index is 2260. The number of nitrogens with zero attached hydrogens (tertiary/aromatic N) is 4. The lowest BCUT2D eigenvalue weighted by Gasteiger charge is -2.16. The minimum absolute atomic E-state index is 0.113. The van der Waals surface area contributed by atoms with Crippen molar-refractivity contribution in [3.8, 4) is 0 Å². The number of carbonyl (C=O) groups excluding carboxylic acids is 2. The van der Waals surface area contributed by atoms with E-state index in [4.69, 9.17) is 17.0 Å². The highest BCUT2D eigenvalue weighted by Crippen LogP contribution is 2.32. The molecular formula is C35H36N9O9S2-. The largest absolute Gasteiger partial charge is 0.744 e. The Hall–Kier alpha value is -5.61. The van der Waals surface area contributed by atoms with E-state index in [2.05, 4.69) is 41.5 Å². The molecule has 3 aromatic carbocycles. The van der Waals surface area contributed by atoms with Crippen LogP contribution >= 0.6 is 12.2 Å². The van der Waals surface area contributed by atoms with Gasteiger partial charge in [-0.25, -0.2) is 23.4 Å². The number of benzene rings is 3. The Morgan fingerprint density at radius 1 is 0.800 bits per heavy atom. The van der Waals surface area contributed by atoms with Crippen LogP contribution in [-0.4, -0.2) is 103 Å². The summed E-state index contributed by atoms with van der Waals surface area (Å²) < 4.78 is 40.2. The maximum absolute atomic E-state index is 12.8. The molecule has 0 saturated carbocycles. The van der Waals surface area contributed by atoms with Gasteiger partial charge in [-0.2, -0.15) is 0 Å². The predicted molar refractivity (Wildman–Crippen MR) is 202 cm³/mol. The molecule has 0 bridgehead atoms. The highest BCUT2D eigenvalue weighted by atomic mass is 32.2. The summed E-state index contributed by atoms with van der Waals surface area (Å²) >= 11 is 5.20. The van der Waals surface area contributed by atoms with Crippen molar-refractivity contribution in [1.29, 1.82) is 0 Å². The standard InChI is InChI=1S/C35H37N9O9S2/c45-17-26-30(48)31(49)34(53-26)44-19-40-29-32(38-18-39-33(29)44)42-23-7-3-21(4-8-23)16-28(47)41-22-5-1-20(2-6-22)15-27(46)36-13-14-37-35(54)43-24-9-11-25(12-10-24)55(50,51)52/h1-12,18-19,26,30-31,34,45,48-49H,13-17H2,(H,36,46)(H,41,47)(H2,37,43,54)(H,38,39,42)(H,50,51,52)/p-1/t26-,30-,31-,34?/m1/s1. The maximum Gasteiger partial charge on any atom is 0.228 e. The molecule has 3 heterocycles. The molecule has 0 radical (unpaired) electrons. The topological polar surface area (TPSA) is 265 Å². The third-order valence-electron chi connectivity index (χ3n) is 8.47. The molecule has 6 rings (SSSR count). The summed E-state index contributed by atoms with van der Waals surface area (Å²) in [5.74, 6) is -0.0510. The van der Waals surface area contributed by atoms with Crippen molar-refractivity contribution in [1.82, 2.24) is 30.2 Å². The molecule has 288 valence electrons. The van der Waals surface area contributed by atoms with Gasteiger partial charge in [-0.1, -0.05) is 24.3 Å². The van der Waals surface area contributed by atoms with Crippen LogP contribution in [0.4, 0.5) is 22.9 Å². The number of aliphatic hydroxyl groups is 3. The summed E-state index contributed by atoms with van der Waals surface area (Å²) in [5.41, 5.74) is 3.99. The summed E-state index contributed by atoms with van der Waals surface area (Å²) in [6, 6.07) is 19.3. The van der Waals surface area contributed by atoms with Crippen molar-refractivity contribution < 1.29 is 42.6 Å². The van der Waals surface area contributed by atoms with Crippen LogP contribution in [-0.2, 0) is 37.3 Å². The smallest absolute Gasteiger partial charge is 0.228 e. The fourth-order valence-electron chi connectivity index (χ4n) is 5.68. The van der Waals surface area contributed by atoms with Crippen LogP contribution in [0, 0.1) is 0 Å². The lowest BCUT2D eigenvalue weighted by atomic mass is 10.1. The van der Waals surface area contributed by atoms with Gasteiger partial charge in [0.15, 0.2) is 28.3 Å². The average Bonchev–Trinajstić information content (AvgIpc) is 3.71. The average molecular weight is 791 g/mol. The van der Waals surface area contributed by atoms with Crippen LogP contribution in [0.5, 0.6) is 0 Å². The van der Waals surface area contributed by atoms with Crippen molar-refractivity contribution in [3.05, 3.63) is 96.6 Å². The number of hydrogen-bond acceptors (Lipinski definition) is 14. The number of amides is 2. The van der Waals surface area contributed by atoms with Crippen LogP contribution in [0.15, 0.2) is 90.3 Å². The predicted octanol–water partition coefficient (Wildman–Crippen LogP) is 0.912. The van der Waals surface area contributed by atoms with E-state index in [-0.39, 0.29) is 41.2 Å². The molecule has 5 aromatic rings. The molecule has 18 nitrogen and oxygen atoms in total. The number of thiocarbonyl (C=S) groups is 1. The highest BCUT2D eigenvalue weighted by Gasteiger charge is 2.44. The van der Waals surface area contributed by atoms with E-state index in [1.807, 2.05) is 0 Å². The lowest BCUT2D eigenvalue weighted by molar-refractivity contribution is -0.120. The molecule has 1 fully saturated rings. The monoisotopic (exact) mass is 790 g/mol. The van der Waals surface area contributed by atoms with Crippen LogP contribution in [0.2, 0.25) is 0 Å². The number of carbonyl (C=O) groups is 2. The first-order valence-corrected chi connectivity index (χ1v) is 18.6. The molecule has 20 heteroatoms. The van der Waals surface area contributed by atoms with Gasteiger partial charge in [0.1, 0.15) is 34.8 Å². The van der Waals surface area contributed by atoms with E-state index in [0.29, 0.717) is 40.6 Å². The summed E-state index contributed by atoms with van der Waals surface area (Å²) in [5, 5.41) is 44.9. The fourth-order valence-corrected chi connectivity index (χ4v) is 6.37. The van der Waals surface area contributed by atoms with Crippen molar-refractivity contribution >= 4 is 73.3 Å². The number of aromatic nitrogens is 4. The second-order valence-electron chi connectivity index (χ2n) is 12.4. The quantitative estimate of drug-likeness (QED) is 0.0442. The van der Waals surface area contributed by atoms with Crippen molar-refractivity contribution in [2.24, 2.45) is 0 Å². The van der Waals surface area contributed by atoms with E-state index in [1.165, 1.54) is 41.5 Å². The van der Waals surface area contributed by atoms with Crippen LogP contribution in [0.3, 0.4) is 0 Å². The second-order valence-corrected chi connectivity index (χ2v) is 14.2. The third kappa shape index (κ3) is 9.93. The minimum Gasteiger partial charge on any atom is -0.744 e.